The van der Waals surface area contributed by atoms with Crippen LogP contribution in [0.15, 0.2) is 47.0 Å². The molecule has 5 rings (SSSR count). The van der Waals surface area contributed by atoms with Gasteiger partial charge in [-0.3, -0.25) is 9.79 Å². The van der Waals surface area contributed by atoms with E-state index in [1.165, 1.54) is 22.1 Å². The first kappa shape index (κ1) is 18.0. The van der Waals surface area contributed by atoms with Crippen LogP contribution in [-0.2, 0) is 24.2 Å². The average Bonchev–Trinajstić information content (AvgIpc) is 3.27. The minimum atomic E-state index is -0.00964. The molecular weight excluding hydrogens is 360 g/mol. The first-order chi connectivity index (χ1) is 14.2. The summed E-state index contributed by atoms with van der Waals surface area (Å²) < 4.78 is 0. The first-order valence-electron chi connectivity index (χ1n) is 10.2. The van der Waals surface area contributed by atoms with Crippen molar-refractivity contribution < 1.29 is 4.79 Å². The second kappa shape index (κ2) is 7.38. The summed E-state index contributed by atoms with van der Waals surface area (Å²) in [5.74, 6) is 0.940. The van der Waals surface area contributed by atoms with E-state index < -0.39 is 0 Å². The Labute approximate surface area is 171 Å². The fourth-order valence-corrected chi connectivity index (χ4v) is 4.37. The Morgan fingerprint density at radius 1 is 1.34 bits per heavy atom. The zero-order chi connectivity index (χ0) is 19.8. The number of amides is 1. The summed E-state index contributed by atoms with van der Waals surface area (Å²) in [6.07, 6.45) is 7.86. The van der Waals surface area contributed by atoms with Gasteiger partial charge in [0.05, 0.1) is 12.6 Å². The predicted octanol–water partition coefficient (Wildman–Crippen LogP) is 1.95. The van der Waals surface area contributed by atoms with Gasteiger partial charge >= 0.3 is 0 Å². The Morgan fingerprint density at radius 2 is 2.24 bits per heavy atom. The molecule has 0 aromatic heterocycles. The summed E-state index contributed by atoms with van der Waals surface area (Å²) in [4.78, 5) is 19.0. The zero-order valence-corrected chi connectivity index (χ0v) is 16.6. The van der Waals surface area contributed by atoms with Gasteiger partial charge in [-0.25, -0.2) is 0 Å². The molecule has 29 heavy (non-hydrogen) atoms. The highest BCUT2D eigenvalue weighted by atomic mass is 16.2. The maximum atomic E-state index is 12.7. The number of carbonyl (C=O) groups excluding carboxylic acids is 1. The quantitative estimate of drug-likeness (QED) is 0.793. The van der Waals surface area contributed by atoms with E-state index in [0.717, 1.165) is 49.3 Å². The molecule has 0 saturated heterocycles. The van der Waals surface area contributed by atoms with Gasteiger partial charge in [0, 0.05) is 43.7 Å². The van der Waals surface area contributed by atoms with Crippen LogP contribution >= 0.6 is 0 Å². The van der Waals surface area contributed by atoms with E-state index in [4.69, 9.17) is 0 Å². The maximum absolute atomic E-state index is 12.7. The van der Waals surface area contributed by atoms with Crippen LogP contribution in [0.25, 0.3) is 10.8 Å². The Bertz CT molecular complexity index is 1060. The van der Waals surface area contributed by atoms with Gasteiger partial charge in [0.1, 0.15) is 5.84 Å². The Balaban J connectivity index is 1.29. The van der Waals surface area contributed by atoms with Crippen LogP contribution in [0.1, 0.15) is 16.7 Å². The smallest absolute Gasteiger partial charge is 0.246 e. The Morgan fingerprint density at radius 3 is 3.17 bits per heavy atom. The molecule has 5 nitrogen and oxygen atoms in total. The lowest BCUT2D eigenvalue weighted by atomic mass is 10.0. The molecule has 1 amide bonds. The van der Waals surface area contributed by atoms with Crippen molar-refractivity contribution in [2.75, 3.05) is 26.7 Å². The first-order valence-corrected chi connectivity index (χ1v) is 10.2. The topological polar surface area (TPSA) is 56.7 Å². The van der Waals surface area contributed by atoms with Crippen LogP contribution in [-0.4, -0.2) is 49.4 Å². The fourth-order valence-electron chi connectivity index (χ4n) is 4.37. The monoisotopic (exact) mass is 384 g/mol. The number of nitrogens with zero attached hydrogens (tertiary/aromatic N) is 2. The van der Waals surface area contributed by atoms with Crippen molar-refractivity contribution in [1.29, 1.82) is 0 Å². The van der Waals surface area contributed by atoms with E-state index in [2.05, 4.69) is 46.0 Å². The average molecular weight is 384 g/mol. The second-order valence-electron chi connectivity index (χ2n) is 7.90. The van der Waals surface area contributed by atoms with Gasteiger partial charge in [0.15, 0.2) is 0 Å². The highest BCUT2D eigenvalue weighted by Crippen LogP contribution is 2.31. The summed E-state index contributed by atoms with van der Waals surface area (Å²) in [5.41, 5.74) is 5.03. The van der Waals surface area contributed by atoms with Crippen molar-refractivity contribution in [3.05, 3.63) is 70.8 Å². The Hall–Kier alpha value is -3.10. The van der Waals surface area contributed by atoms with Gasteiger partial charge < -0.3 is 15.5 Å². The molecule has 5 heteroatoms. The summed E-state index contributed by atoms with van der Waals surface area (Å²) in [6.45, 7) is 3.06. The molecule has 0 fully saturated rings. The minimum absolute atomic E-state index is 0.00964. The third-order valence-electron chi connectivity index (χ3n) is 5.90. The van der Waals surface area contributed by atoms with Gasteiger partial charge in [0.2, 0.25) is 5.91 Å². The van der Waals surface area contributed by atoms with E-state index in [9.17, 15) is 4.79 Å². The summed E-state index contributed by atoms with van der Waals surface area (Å²) in [6, 6.07) is 12.8. The number of fused-ring (bicyclic) bond motifs is 1. The van der Waals surface area contributed by atoms with Crippen LogP contribution in [0.3, 0.4) is 0 Å². The maximum Gasteiger partial charge on any atom is 0.246 e. The third kappa shape index (κ3) is 3.41. The molecular formula is C24H24N4O. The molecule has 0 spiro atoms. The summed E-state index contributed by atoms with van der Waals surface area (Å²) >= 11 is 0. The molecule has 2 aromatic rings. The van der Waals surface area contributed by atoms with Crippen molar-refractivity contribution in [2.24, 2.45) is 4.99 Å². The van der Waals surface area contributed by atoms with E-state index in [0.29, 0.717) is 6.54 Å². The van der Waals surface area contributed by atoms with E-state index >= 15 is 0 Å². The molecule has 0 bridgehead atoms. The number of aliphatic imine (C=N–C) groups is 1. The number of carbonyl (C=O) groups is 1. The van der Waals surface area contributed by atoms with E-state index in [1.54, 1.807) is 11.0 Å². The number of rotatable bonds is 4. The fraction of sp³-hybridized carbons (Fsp3) is 0.333. The number of benzene rings is 1. The van der Waals surface area contributed by atoms with Crippen molar-refractivity contribution in [1.82, 2.24) is 15.5 Å². The molecule has 2 aliphatic heterocycles. The molecule has 1 aliphatic carbocycles. The van der Waals surface area contributed by atoms with Crippen molar-refractivity contribution >= 4 is 22.5 Å². The molecule has 2 aromatic carbocycles. The largest absolute Gasteiger partial charge is 0.360 e. The van der Waals surface area contributed by atoms with E-state index in [-0.39, 0.29) is 11.9 Å². The lowest BCUT2D eigenvalue weighted by molar-refractivity contribution is -0.125. The molecule has 0 unspecified atom stereocenters. The Kier molecular flexibility index (Phi) is 4.57. The lowest BCUT2D eigenvalue weighted by Crippen LogP contribution is -2.28. The third-order valence-corrected chi connectivity index (χ3v) is 5.90. The summed E-state index contributed by atoms with van der Waals surface area (Å²) in [5, 5.41) is 9.14. The standard InChI is InChI=1S/C24H24N4O/c1-28(15-18-8-7-17-6-5-16-3-2-4-21(18)23(16)17)22(29)10-9-20-13-19-14-25-11-12-26-24(19)27-20/h3,7-10,13,20,25H,5-6,11-12,14-15H2,1H3,(H,26,27)/b10-9+/t20-/m1/s1. The number of amidine groups is 1. The van der Waals surface area contributed by atoms with Crippen LogP contribution < -0.4 is 10.6 Å². The molecule has 3 aliphatic rings. The van der Waals surface area contributed by atoms with Crippen molar-refractivity contribution in [3.63, 3.8) is 0 Å². The van der Waals surface area contributed by atoms with Crippen LogP contribution in [0.2, 0.25) is 0 Å². The number of likely N-dealkylation sites (N-methyl/N-ethyl adjacent to an activating group) is 1. The predicted molar refractivity (Wildman–Crippen MR) is 115 cm³/mol. The molecule has 146 valence electrons. The molecule has 1 atom stereocenters. The van der Waals surface area contributed by atoms with Gasteiger partial charge in [-0.15, -0.1) is 0 Å². The number of nitrogens with one attached hydrogen (secondary N) is 2. The second-order valence-corrected chi connectivity index (χ2v) is 7.90. The van der Waals surface area contributed by atoms with Crippen molar-refractivity contribution in [3.8, 4) is 0 Å². The van der Waals surface area contributed by atoms with Gasteiger partial charge in [0.25, 0.3) is 0 Å². The molecule has 0 radical (unpaired) electrons. The highest BCUT2D eigenvalue weighted by molar-refractivity contribution is 6.02. The van der Waals surface area contributed by atoms with E-state index in [1.807, 2.05) is 19.2 Å². The lowest BCUT2D eigenvalue weighted by Gasteiger charge is -2.17. The number of hydrogen-bond acceptors (Lipinski definition) is 4. The molecule has 2 heterocycles. The molecule has 0 saturated carbocycles. The number of aryl methyl sites for hydroxylation is 2. The summed E-state index contributed by atoms with van der Waals surface area (Å²) in [7, 11) is 1.85. The zero-order valence-electron chi connectivity index (χ0n) is 16.6. The van der Waals surface area contributed by atoms with Gasteiger partial charge in [-0.05, 0) is 41.0 Å². The normalized spacial score (nSPS) is 20.0. The highest BCUT2D eigenvalue weighted by Gasteiger charge is 2.21. The minimum Gasteiger partial charge on any atom is -0.360 e. The van der Waals surface area contributed by atoms with Crippen LogP contribution in [0.5, 0.6) is 0 Å². The molecule has 2 N–H and O–H groups in total. The number of hydrogen-bond donors (Lipinski definition) is 2. The van der Waals surface area contributed by atoms with Crippen LogP contribution in [0.4, 0.5) is 0 Å². The van der Waals surface area contributed by atoms with Crippen molar-refractivity contribution in [2.45, 2.75) is 25.4 Å². The van der Waals surface area contributed by atoms with Gasteiger partial charge in [-0.2, -0.15) is 0 Å². The van der Waals surface area contributed by atoms with Crippen LogP contribution in [0, 0.1) is 12.1 Å². The SMILES string of the molecule is CN(Cc1ccc2c3c(cc#cc13)CC2)C(=O)/C=C/[C@@H]1C=C2CNCCN=C2N1. The van der Waals surface area contributed by atoms with Gasteiger partial charge in [-0.1, -0.05) is 36.4 Å².